The van der Waals surface area contributed by atoms with Crippen molar-refractivity contribution in [3.05, 3.63) is 53.3 Å². The summed E-state index contributed by atoms with van der Waals surface area (Å²) < 4.78 is 14.6. The van der Waals surface area contributed by atoms with E-state index in [0.29, 0.717) is 53.5 Å². The van der Waals surface area contributed by atoms with E-state index < -0.39 is 11.9 Å². The second kappa shape index (κ2) is 8.49. The molecule has 1 aliphatic heterocycles. The molecule has 0 bridgehead atoms. The van der Waals surface area contributed by atoms with Crippen molar-refractivity contribution in [2.24, 2.45) is 0 Å². The van der Waals surface area contributed by atoms with Gasteiger partial charge in [-0.05, 0) is 44.0 Å². The number of hydrogen-bond acceptors (Lipinski definition) is 5. The van der Waals surface area contributed by atoms with Crippen molar-refractivity contribution in [1.29, 1.82) is 0 Å². The van der Waals surface area contributed by atoms with Gasteiger partial charge in [0, 0.05) is 47.0 Å². The van der Waals surface area contributed by atoms with Crippen molar-refractivity contribution in [1.82, 2.24) is 25.1 Å². The van der Waals surface area contributed by atoms with Crippen LogP contribution in [-0.4, -0.2) is 55.3 Å². The van der Waals surface area contributed by atoms with E-state index in [4.69, 9.17) is 11.6 Å². The van der Waals surface area contributed by atoms with E-state index in [1.165, 1.54) is 25.4 Å². The molecule has 30 heavy (non-hydrogen) atoms. The van der Waals surface area contributed by atoms with Crippen LogP contribution in [0.4, 0.5) is 4.39 Å². The van der Waals surface area contributed by atoms with Gasteiger partial charge in [-0.1, -0.05) is 11.6 Å². The average molecular weight is 430 g/mol. The largest absolute Gasteiger partial charge is 0.384 e. The summed E-state index contributed by atoms with van der Waals surface area (Å²) >= 11 is 6.10. The van der Waals surface area contributed by atoms with E-state index >= 15 is 0 Å². The van der Waals surface area contributed by atoms with Crippen LogP contribution < -0.4 is 0 Å². The number of hydrogen-bond donors (Lipinski definition) is 2. The van der Waals surface area contributed by atoms with Crippen molar-refractivity contribution < 1.29 is 14.3 Å². The van der Waals surface area contributed by atoms with Crippen LogP contribution in [-0.2, 0) is 4.79 Å². The summed E-state index contributed by atoms with van der Waals surface area (Å²) in [5, 5.41) is 17.5. The summed E-state index contributed by atoms with van der Waals surface area (Å²) in [4.78, 5) is 22.1. The lowest BCUT2D eigenvalue weighted by atomic mass is 9.88. The third-order valence-electron chi connectivity index (χ3n) is 5.39. The van der Waals surface area contributed by atoms with Gasteiger partial charge in [0.2, 0.25) is 0 Å². The smallest absolute Gasteiger partial charge is 0.251 e. The van der Waals surface area contributed by atoms with E-state index in [-0.39, 0.29) is 11.8 Å². The molecule has 7 nitrogen and oxygen atoms in total. The molecule has 1 atom stereocenters. The van der Waals surface area contributed by atoms with Crippen molar-refractivity contribution in [3.8, 4) is 22.5 Å². The van der Waals surface area contributed by atoms with E-state index in [0.717, 1.165) is 5.69 Å². The predicted molar refractivity (Wildman–Crippen MR) is 110 cm³/mol. The molecule has 156 valence electrons. The van der Waals surface area contributed by atoms with Gasteiger partial charge >= 0.3 is 0 Å². The van der Waals surface area contributed by atoms with Crippen molar-refractivity contribution in [3.63, 3.8) is 0 Å². The Morgan fingerprint density at radius 2 is 2.10 bits per heavy atom. The normalized spacial score (nSPS) is 15.9. The Kier molecular flexibility index (Phi) is 5.78. The molecule has 1 aliphatic rings. The first-order valence-electron chi connectivity index (χ1n) is 9.72. The fourth-order valence-electron chi connectivity index (χ4n) is 3.88. The van der Waals surface area contributed by atoms with Crippen molar-refractivity contribution in [2.45, 2.75) is 31.8 Å². The Labute approximate surface area is 177 Å². The van der Waals surface area contributed by atoms with Crippen LogP contribution in [0.15, 0.2) is 36.8 Å². The second-order valence-electron chi connectivity index (χ2n) is 7.36. The van der Waals surface area contributed by atoms with Gasteiger partial charge in [-0.3, -0.25) is 9.89 Å². The van der Waals surface area contributed by atoms with Gasteiger partial charge in [-0.2, -0.15) is 5.10 Å². The highest BCUT2D eigenvalue weighted by Crippen LogP contribution is 2.40. The van der Waals surface area contributed by atoms with Gasteiger partial charge in [0.1, 0.15) is 23.9 Å². The summed E-state index contributed by atoms with van der Waals surface area (Å²) in [6, 6.07) is 6.11. The zero-order chi connectivity index (χ0) is 21.3. The number of halogens is 2. The lowest BCUT2D eigenvalue weighted by Crippen LogP contribution is -2.42. The van der Waals surface area contributed by atoms with Gasteiger partial charge in [-0.15, -0.1) is 0 Å². The number of nitrogens with zero attached hydrogens (tertiary/aromatic N) is 4. The minimum Gasteiger partial charge on any atom is -0.384 e. The molecule has 1 fully saturated rings. The van der Waals surface area contributed by atoms with Crippen LogP contribution in [0.1, 0.15) is 31.4 Å². The van der Waals surface area contributed by atoms with Gasteiger partial charge < -0.3 is 10.0 Å². The third-order valence-corrected chi connectivity index (χ3v) is 5.62. The first-order chi connectivity index (χ1) is 14.5. The number of aromatic amines is 1. The number of rotatable bonds is 4. The number of aliphatic hydroxyl groups excluding tert-OH is 1. The molecule has 1 unspecified atom stereocenters. The zero-order valence-corrected chi connectivity index (χ0v) is 17.1. The molecule has 0 saturated carbocycles. The second-order valence-corrected chi connectivity index (χ2v) is 7.79. The maximum Gasteiger partial charge on any atom is 0.251 e. The molecule has 9 heteroatoms. The number of nitrogens with one attached hydrogen (secondary N) is 1. The maximum absolute atomic E-state index is 14.6. The van der Waals surface area contributed by atoms with Crippen LogP contribution in [0.5, 0.6) is 0 Å². The number of amides is 1. The molecule has 1 saturated heterocycles. The van der Waals surface area contributed by atoms with Crippen LogP contribution >= 0.6 is 11.6 Å². The van der Waals surface area contributed by atoms with Crippen molar-refractivity contribution in [2.75, 3.05) is 13.1 Å². The SMILES string of the molecule is CC(O)C(=O)N1CCC(c2[nH]nc(-c3cc(Cl)ccc3F)c2-c2ccncn2)CC1. The quantitative estimate of drug-likeness (QED) is 0.662. The van der Waals surface area contributed by atoms with E-state index in [9.17, 15) is 14.3 Å². The highest BCUT2D eigenvalue weighted by molar-refractivity contribution is 6.30. The lowest BCUT2D eigenvalue weighted by molar-refractivity contribution is -0.140. The van der Waals surface area contributed by atoms with Gasteiger partial charge in [0.05, 0.1) is 5.69 Å². The van der Waals surface area contributed by atoms with E-state index in [1.807, 2.05) is 0 Å². The van der Waals surface area contributed by atoms with Crippen LogP contribution in [0, 0.1) is 5.82 Å². The first kappa shape index (κ1) is 20.4. The Balaban J connectivity index is 1.72. The van der Waals surface area contributed by atoms with Gasteiger partial charge in [0.15, 0.2) is 0 Å². The summed E-state index contributed by atoms with van der Waals surface area (Å²) in [5.41, 5.74) is 2.91. The Morgan fingerprint density at radius 1 is 1.33 bits per heavy atom. The average Bonchev–Trinajstić information content (AvgIpc) is 3.20. The molecule has 2 N–H and O–H groups in total. The molecular formula is C21H21ClFN5O2. The number of H-pyrrole nitrogens is 1. The number of carbonyl (C=O) groups excluding carboxylic acids is 1. The number of piperidine rings is 1. The standard InChI is InChI=1S/C21H21ClFN5O2/c1-12(29)21(30)28-8-5-13(6-9-28)19-18(17-4-7-24-11-25-17)20(27-26-19)15-10-14(22)2-3-16(15)23/h2-4,7,10-13,29H,5-6,8-9H2,1H3,(H,26,27). The molecule has 3 aromatic rings. The summed E-state index contributed by atoms with van der Waals surface area (Å²) in [6.07, 6.45) is 3.43. The Bertz CT molecular complexity index is 1050. The Hall–Kier alpha value is -2.84. The molecule has 0 aliphatic carbocycles. The summed E-state index contributed by atoms with van der Waals surface area (Å²) in [7, 11) is 0. The Morgan fingerprint density at radius 3 is 2.77 bits per heavy atom. The van der Waals surface area contributed by atoms with Crippen LogP contribution in [0.2, 0.25) is 5.02 Å². The van der Waals surface area contributed by atoms with Gasteiger partial charge in [-0.25, -0.2) is 14.4 Å². The molecular weight excluding hydrogens is 409 g/mol. The minimum absolute atomic E-state index is 0.0801. The third kappa shape index (κ3) is 3.93. The lowest BCUT2D eigenvalue weighted by Gasteiger charge is -2.32. The zero-order valence-electron chi connectivity index (χ0n) is 16.3. The van der Waals surface area contributed by atoms with Crippen molar-refractivity contribution >= 4 is 17.5 Å². The molecule has 2 aromatic heterocycles. The minimum atomic E-state index is -1.01. The summed E-state index contributed by atoms with van der Waals surface area (Å²) in [6.45, 7) is 2.53. The topological polar surface area (TPSA) is 95.0 Å². The fourth-order valence-corrected chi connectivity index (χ4v) is 4.05. The number of aliphatic hydroxyl groups is 1. The molecule has 1 amide bonds. The number of aromatic nitrogens is 4. The first-order valence-corrected chi connectivity index (χ1v) is 10.1. The maximum atomic E-state index is 14.6. The highest BCUT2D eigenvalue weighted by atomic mass is 35.5. The molecule has 3 heterocycles. The summed E-state index contributed by atoms with van der Waals surface area (Å²) in [5.74, 6) is -0.614. The van der Waals surface area contributed by atoms with Gasteiger partial charge in [0.25, 0.3) is 5.91 Å². The number of carbonyl (C=O) groups is 1. The number of likely N-dealkylation sites (tertiary alicyclic amines) is 1. The monoisotopic (exact) mass is 429 g/mol. The fraction of sp³-hybridized carbons (Fsp3) is 0.333. The van der Waals surface area contributed by atoms with Crippen LogP contribution in [0.3, 0.4) is 0 Å². The van der Waals surface area contributed by atoms with E-state index in [1.54, 1.807) is 23.2 Å². The molecule has 0 spiro atoms. The van der Waals surface area contributed by atoms with E-state index in [2.05, 4.69) is 20.2 Å². The number of benzene rings is 1. The predicted octanol–water partition coefficient (Wildman–Crippen LogP) is 3.41. The molecule has 0 radical (unpaired) electrons. The molecule has 1 aromatic carbocycles. The highest BCUT2D eigenvalue weighted by Gasteiger charge is 2.30. The molecule has 4 rings (SSSR count). The van der Waals surface area contributed by atoms with Crippen LogP contribution in [0.25, 0.3) is 22.5 Å².